The van der Waals surface area contributed by atoms with E-state index < -0.39 is 6.10 Å². The fourth-order valence-electron chi connectivity index (χ4n) is 4.13. The van der Waals surface area contributed by atoms with Crippen molar-refractivity contribution in [1.29, 1.82) is 0 Å². The van der Waals surface area contributed by atoms with Crippen molar-refractivity contribution in [2.75, 3.05) is 34.4 Å². The number of methoxy groups -OCH3 is 1. The van der Waals surface area contributed by atoms with E-state index in [-0.39, 0.29) is 6.61 Å². The van der Waals surface area contributed by atoms with Crippen molar-refractivity contribution in [2.24, 2.45) is 0 Å². The van der Waals surface area contributed by atoms with Crippen LogP contribution in [0.4, 0.5) is 0 Å². The Morgan fingerprint density at radius 3 is 2.63 bits per heavy atom. The molecule has 1 aliphatic carbocycles. The maximum atomic E-state index is 10.4. The van der Waals surface area contributed by atoms with Crippen LogP contribution < -0.4 is 9.47 Å². The van der Waals surface area contributed by atoms with Crippen molar-refractivity contribution in [3.63, 3.8) is 0 Å². The molecule has 30 heavy (non-hydrogen) atoms. The van der Waals surface area contributed by atoms with Gasteiger partial charge in [0.05, 0.1) is 12.8 Å². The predicted octanol–water partition coefficient (Wildman–Crippen LogP) is 3.32. The van der Waals surface area contributed by atoms with E-state index in [9.17, 15) is 5.11 Å². The zero-order chi connectivity index (χ0) is 21.3. The Balaban J connectivity index is 1.49. The second kappa shape index (κ2) is 11.3. The summed E-state index contributed by atoms with van der Waals surface area (Å²) in [6.45, 7) is 2.33. The summed E-state index contributed by atoms with van der Waals surface area (Å²) in [4.78, 5) is 4.43. The number of aromatic nitrogens is 1. The number of likely N-dealkylation sites (N-methyl/N-ethyl adjacent to an activating group) is 1. The molecule has 0 spiro atoms. The number of nitrogens with zero attached hydrogens (tertiary/aromatic N) is 3. The first-order valence-electron chi connectivity index (χ1n) is 10.8. The highest BCUT2D eigenvalue weighted by atomic mass is 16.5. The molecule has 166 valence electrons. The summed E-state index contributed by atoms with van der Waals surface area (Å²) in [7, 11) is 5.77. The minimum Gasteiger partial charge on any atom is -0.493 e. The predicted molar refractivity (Wildman–Crippen MR) is 116 cm³/mol. The number of rotatable bonds is 11. The summed E-state index contributed by atoms with van der Waals surface area (Å²) in [5, 5.41) is 14.4. The number of ether oxygens (including phenoxy) is 2. The standard InChI is InChI=1S/C23H35N3O4/c1-25(15-19-11-12-30-24-19)14-18-9-10-22(23(13-18)28-3)29-17-21(27)16-26(2)20-7-5-4-6-8-20/h9-13,20-21,27H,4-8,14-17H2,1-3H3/t21-/m1/s1. The van der Waals surface area contributed by atoms with E-state index in [4.69, 9.17) is 14.0 Å². The highest BCUT2D eigenvalue weighted by molar-refractivity contribution is 5.43. The molecule has 0 unspecified atom stereocenters. The average Bonchev–Trinajstić information content (AvgIpc) is 3.26. The monoisotopic (exact) mass is 417 g/mol. The topological polar surface area (TPSA) is 71.2 Å². The van der Waals surface area contributed by atoms with Gasteiger partial charge in [0.1, 0.15) is 19.0 Å². The molecule has 1 atom stereocenters. The van der Waals surface area contributed by atoms with Gasteiger partial charge in [-0.2, -0.15) is 0 Å². The van der Waals surface area contributed by atoms with Gasteiger partial charge < -0.3 is 24.0 Å². The molecule has 1 saturated carbocycles. The lowest BCUT2D eigenvalue weighted by molar-refractivity contribution is 0.0553. The maximum Gasteiger partial charge on any atom is 0.161 e. The van der Waals surface area contributed by atoms with E-state index in [1.54, 1.807) is 13.4 Å². The molecular formula is C23H35N3O4. The van der Waals surface area contributed by atoms with Gasteiger partial charge in [0.2, 0.25) is 0 Å². The van der Waals surface area contributed by atoms with E-state index in [1.165, 1.54) is 32.1 Å². The molecule has 1 aliphatic rings. The third-order valence-corrected chi connectivity index (χ3v) is 5.73. The highest BCUT2D eigenvalue weighted by Crippen LogP contribution is 2.29. The van der Waals surface area contributed by atoms with Crippen LogP contribution in [0.3, 0.4) is 0 Å². The van der Waals surface area contributed by atoms with E-state index in [0.29, 0.717) is 30.6 Å². The average molecular weight is 418 g/mol. The van der Waals surface area contributed by atoms with Crippen molar-refractivity contribution in [1.82, 2.24) is 15.0 Å². The molecule has 1 N–H and O–H groups in total. The minimum absolute atomic E-state index is 0.249. The highest BCUT2D eigenvalue weighted by Gasteiger charge is 2.20. The molecular weight excluding hydrogens is 382 g/mol. The molecule has 3 rings (SSSR count). The van der Waals surface area contributed by atoms with E-state index in [2.05, 4.69) is 22.0 Å². The van der Waals surface area contributed by atoms with Crippen LogP contribution in [0.25, 0.3) is 0 Å². The van der Waals surface area contributed by atoms with Crippen molar-refractivity contribution >= 4 is 0 Å². The van der Waals surface area contributed by atoms with E-state index >= 15 is 0 Å². The molecule has 0 radical (unpaired) electrons. The molecule has 1 aromatic heterocycles. The van der Waals surface area contributed by atoms with Crippen molar-refractivity contribution in [3.05, 3.63) is 41.8 Å². The Labute approximate surface area is 179 Å². The number of hydrogen-bond acceptors (Lipinski definition) is 7. The SMILES string of the molecule is COc1cc(CN(C)Cc2ccon2)ccc1OC[C@H](O)CN(C)C1CCCCC1. The van der Waals surface area contributed by atoms with Crippen LogP contribution in [0, 0.1) is 0 Å². The van der Waals surface area contributed by atoms with Gasteiger partial charge in [0, 0.05) is 31.7 Å². The first-order chi connectivity index (χ1) is 14.5. The zero-order valence-corrected chi connectivity index (χ0v) is 18.4. The van der Waals surface area contributed by atoms with Crippen LogP contribution in [-0.2, 0) is 13.1 Å². The van der Waals surface area contributed by atoms with Crippen LogP contribution in [-0.4, -0.2) is 66.6 Å². The van der Waals surface area contributed by atoms with Gasteiger partial charge in [-0.3, -0.25) is 4.90 Å². The molecule has 0 bridgehead atoms. The third kappa shape index (κ3) is 6.72. The van der Waals surface area contributed by atoms with Gasteiger partial charge in [0.15, 0.2) is 11.5 Å². The lowest BCUT2D eigenvalue weighted by Crippen LogP contribution is -2.40. The zero-order valence-electron chi connectivity index (χ0n) is 18.4. The largest absolute Gasteiger partial charge is 0.493 e. The molecule has 7 nitrogen and oxygen atoms in total. The van der Waals surface area contributed by atoms with Gasteiger partial charge in [-0.1, -0.05) is 30.5 Å². The normalized spacial score (nSPS) is 16.2. The van der Waals surface area contributed by atoms with Gasteiger partial charge >= 0.3 is 0 Å². The first kappa shape index (κ1) is 22.6. The Kier molecular flexibility index (Phi) is 8.54. The van der Waals surface area contributed by atoms with Crippen LogP contribution >= 0.6 is 0 Å². The molecule has 1 heterocycles. The van der Waals surface area contributed by atoms with Crippen LogP contribution in [0.5, 0.6) is 11.5 Å². The summed E-state index contributed by atoms with van der Waals surface area (Å²) >= 11 is 0. The second-order valence-corrected chi connectivity index (χ2v) is 8.34. The fraction of sp³-hybridized carbons (Fsp3) is 0.609. The molecule has 7 heteroatoms. The summed E-state index contributed by atoms with van der Waals surface area (Å²) in [5.74, 6) is 1.33. The minimum atomic E-state index is -0.532. The van der Waals surface area contributed by atoms with E-state index in [1.807, 2.05) is 31.3 Å². The van der Waals surface area contributed by atoms with Gasteiger partial charge in [-0.25, -0.2) is 0 Å². The Bertz CT molecular complexity index is 747. The number of hydrogen-bond donors (Lipinski definition) is 1. The lowest BCUT2D eigenvalue weighted by Gasteiger charge is -2.32. The fourth-order valence-corrected chi connectivity index (χ4v) is 4.13. The third-order valence-electron chi connectivity index (χ3n) is 5.73. The molecule has 0 aliphatic heterocycles. The summed E-state index contributed by atoms with van der Waals surface area (Å²) in [5.41, 5.74) is 2.01. The number of benzene rings is 1. The summed E-state index contributed by atoms with van der Waals surface area (Å²) < 4.78 is 16.3. The quantitative estimate of drug-likeness (QED) is 0.601. The molecule has 0 amide bonds. The molecule has 1 aromatic carbocycles. The first-order valence-corrected chi connectivity index (χ1v) is 10.8. The smallest absolute Gasteiger partial charge is 0.161 e. The van der Waals surface area contributed by atoms with Gasteiger partial charge in [0.25, 0.3) is 0 Å². The molecule has 1 fully saturated rings. The van der Waals surface area contributed by atoms with Gasteiger partial charge in [-0.05, 0) is 44.6 Å². The van der Waals surface area contributed by atoms with Crippen molar-refractivity contribution in [2.45, 2.75) is 57.3 Å². The summed E-state index contributed by atoms with van der Waals surface area (Å²) in [6, 6.07) is 8.37. The van der Waals surface area contributed by atoms with E-state index in [0.717, 1.165) is 17.8 Å². The second-order valence-electron chi connectivity index (χ2n) is 8.34. The van der Waals surface area contributed by atoms with Crippen LogP contribution in [0.1, 0.15) is 43.4 Å². The Hall–Kier alpha value is -2.09. The van der Waals surface area contributed by atoms with Crippen molar-refractivity contribution in [3.8, 4) is 11.5 Å². The van der Waals surface area contributed by atoms with Crippen LogP contribution in [0.2, 0.25) is 0 Å². The number of aliphatic hydroxyl groups is 1. The lowest BCUT2D eigenvalue weighted by atomic mass is 9.94. The molecule has 2 aromatic rings. The van der Waals surface area contributed by atoms with Crippen LogP contribution in [0.15, 0.2) is 35.1 Å². The Morgan fingerprint density at radius 2 is 1.93 bits per heavy atom. The maximum absolute atomic E-state index is 10.4. The molecule has 0 saturated heterocycles. The van der Waals surface area contributed by atoms with Crippen molar-refractivity contribution < 1.29 is 19.1 Å². The number of aliphatic hydroxyl groups excluding tert-OH is 1. The Morgan fingerprint density at radius 1 is 1.13 bits per heavy atom. The summed E-state index contributed by atoms with van der Waals surface area (Å²) in [6.07, 6.45) is 7.42. The van der Waals surface area contributed by atoms with Gasteiger partial charge in [-0.15, -0.1) is 0 Å².